The van der Waals surface area contributed by atoms with E-state index in [0.717, 1.165) is 0 Å². The predicted octanol–water partition coefficient (Wildman–Crippen LogP) is 3.65. The van der Waals surface area contributed by atoms with Crippen molar-refractivity contribution < 1.29 is 19.1 Å². The van der Waals surface area contributed by atoms with Crippen LogP contribution in [0.3, 0.4) is 0 Å². The monoisotopic (exact) mass is 323 g/mol. The van der Waals surface area contributed by atoms with E-state index in [1.807, 2.05) is 0 Å². The number of esters is 1. The lowest BCUT2D eigenvalue weighted by molar-refractivity contribution is -0.140. The third kappa shape index (κ3) is 2.95. The van der Waals surface area contributed by atoms with Crippen LogP contribution in [0.1, 0.15) is 26.3 Å². The van der Waals surface area contributed by atoms with E-state index in [9.17, 15) is 9.59 Å². The van der Waals surface area contributed by atoms with Crippen LogP contribution in [0.5, 0.6) is 0 Å². The SMILES string of the molecule is C=C1c2ccc(Cl)cc2N(C(=O)OC(C)(C)C)C1C(=O)OC. The van der Waals surface area contributed by atoms with E-state index in [1.165, 1.54) is 12.0 Å². The average Bonchev–Trinajstić information content (AvgIpc) is 2.68. The molecule has 1 unspecified atom stereocenters. The number of carbonyl (C=O) groups is 2. The first-order chi connectivity index (χ1) is 10.2. The van der Waals surface area contributed by atoms with Gasteiger partial charge in [0, 0.05) is 10.6 Å². The minimum absolute atomic E-state index is 0.450. The van der Waals surface area contributed by atoms with E-state index < -0.39 is 23.7 Å². The van der Waals surface area contributed by atoms with Gasteiger partial charge < -0.3 is 9.47 Å². The number of halogens is 1. The van der Waals surface area contributed by atoms with Gasteiger partial charge in [-0.15, -0.1) is 0 Å². The first kappa shape index (κ1) is 16.4. The topological polar surface area (TPSA) is 55.8 Å². The van der Waals surface area contributed by atoms with Crippen LogP contribution < -0.4 is 4.90 Å². The third-order valence-electron chi connectivity index (χ3n) is 3.17. The minimum atomic E-state index is -0.951. The fourth-order valence-corrected chi connectivity index (χ4v) is 2.46. The zero-order valence-corrected chi connectivity index (χ0v) is 13.7. The summed E-state index contributed by atoms with van der Waals surface area (Å²) in [4.78, 5) is 25.9. The summed E-state index contributed by atoms with van der Waals surface area (Å²) in [7, 11) is 1.26. The van der Waals surface area contributed by atoms with E-state index in [2.05, 4.69) is 6.58 Å². The van der Waals surface area contributed by atoms with Crippen molar-refractivity contribution in [3.8, 4) is 0 Å². The van der Waals surface area contributed by atoms with Gasteiger partial charge in [-0.05, 0) is 38.5 Å². The lowest BCUT2D eigenvalue weighted by atomic mass is 10.0. The van der Waals surface area contributed by atoms with Crippen LogP contribution in [0.15, 0.2) is 24.8 Å². The number of fused-ring (bicyclic) bond motifs is 1. The van der Waals surface area contributed by atoms with E-state index in [4.69, 9.17) is 21.1 Å². The lowest BCUT2D eigenvalue weighted by Gasteiger charge is -2.28. The van der Waals surface area contributed by atoms with E-state index in [-0.39, 0.29) is 0 Å². The highest BCUT2D eigenvalue weighted by Crippen LogP contribution is 2.42. The maximum absolute atomic E-state index is 12.5. The van der Waals surface area contributed by atoms with Gasteiger partial charge in [0.25, 0.3) is 0 Å². The van der Waals surface area contributed by atoms with E-state index in [0.29, 0.717) is 21.8 Å². The van der Waals surface area contributed by atoms with Gasteiger partial charge in [0.2, 0.25) is 0 Å². The van der Waals surface area contributed by atoms with Gasteiger partial charge in [0.15, 0.2) is 6.04 Å². The number of anilines is 1. The quantitative estimate of drug-likeness (QED) is 0.740. The number of carbonyl (C=O) groups excluding carboxylic acids is 2. The molecule has 0 aromatic heterocycles. The highest BCUT2D eigenvalue weighted by atomic mass is 35.5. The van der Waals surface area contributed by atoms with Crippen LogP contribution >= 0.6 is 11.6 Å². The predicted molar refractivity (Wildman–Crippen MR) is 85.0 cm³/mol. The summed E-state index contributed by atoms with van der Waals surface area (Å²) in [6.07, 6.45) is -0.648. The molecular weight excluding hydrogens is 306 g/mol. The molecule has 0 saturated heterocycles. The maximum atomic E-state index is 12.5. The first-order valence-corrected chi connectivity index (χ1v) is 7.12. The number of amides is 1. The van der Waals surface area contributed by atoms with Gasteiger partial charge in [0.1, 0.15) is 5.60 Å². The Kier molecular flexibility index (Phi) is 4.20. The van der Waals surface area contributed by atoms with Gasteiger partial charge in [-0.2, -0.15) is 0 Å². The standard InChI is InChI=1S/C16H18ClNO4/c1-9-11-7-6-10(17)8-12(11)18(13(9)14(19)21-5)15(20)22-16(2,3)4/h6-8,13H,1H2,2-5H3. The Hall–Kier alpha value is -2.01. The normalized spacial score (nSPS) is 17.2. The molecule has 5 nitrogen and oxygen atoms in total. The van der Waals surface area contributed by atoms with Crippen LogP contribution in [0.25, 0.3) is 5.57 Å². The maximum Gasteiger partial charge on any atom is 0.415 e. The number of nitrogens with zero attached hydrogens (tertiary/aromatic N) is 1. The van der Waals surface area contributed by atoms with Gasteiger partial charge >= 0.3 is 12.1 Å². The molecule has 1 amide bonds. The highest BCUT2D eigenvalue weighted by Gasteiger charge is 2.44. The number of rotatable bonds is 1. The molecule has 1 heterocycles. The zero-order valence-electron chi connectivity index (χ0n) is 13.0. The van der Waals surface area contributed by atoms with Crippen molar-refractivity contribution in [1.82, 2.24) is 0 Å². The Morgan fingerprint density at radius 1 is 1.32 bits per heavy atom. The molecule has 1 aromatic rings. The second-order valence-electron chi connectivity index (χ2n) is 5.96. The zero-order chi connectivity index (χ0) is 16.7. The number of ether oxygens (including phenoxy) is 2. The van der Waals surface area contributed by atoms with Crippen molar-refractivity contribution in [3.05, 3.63) is 35.4 Å². The summed E-state index contributed by atoms with van der Waals surface area (Å²) >= 11 is 6.01. The molecule has 1 aliphatic heterocycles. The molecule has 6 heteroatoms. The summed E-state index contributed by atoms with van der Waals surface area (Å²) in [5, 5.41) is 0.450. The van der Waals surface area contributed by atoms with Crippen LogP contribution in [0.4, 0.5) is 10.5 Å². The molecule has 118 valence electrons. The molecule has 0 aliphatic carbocycles. The Morgan fingerprint density at radius 3 is 2.50 bits per heavy atom. The van der Waals surface area contributed by atoms with Crippen molar-refractivity contribution in [2.45, 2.75) is 32.4 Å². The summed E-state index contributed by atoms with van der Waals surface area (Å²) in [6, 6.07) is 4.06. The van der Waals surface area contributed by atoms with Crippen molar-refractivity contribution >= 4 is 34.9 Å². The second-order valence-corrected chi connectivity index (χ2v) is 6.40. The molecule has 1 aromatic carbocycles. The van der Waals surface area contributed by atoms with Crippen LogP contribution in [-0.2, 0) is 14.3 Å². The molecule has 2 rings (SSSR count). The Labute approximate surface area is 134 Å². The largest absolute Gasteiger partial charge is 0.467 e. The number of benzene rings is 1. The molecule has 0 spiro atoms. The third-order valence-corrected chi connectivity index (χ3v) is 3.40. The Morgan fingerprint density at radius 2 is 1.95 bits per heavy atom. The summed E-state index contributed by atoms with van der Waals surface area (Å²) in [6.45, 7) is 9.17. The van der Waals surface area contributed by atoms with Gasteiger partial charge in [-0.25, -0.2) is 9.59 Å². The smallest absolute Gasteiger partial charge is 0.415 e. The minimum Gasteiger partial charge on any atom is -0.467 e. The Bertz CT molecular complexity index is 648. The first-order valence-electron chi connectivity index (χ1n) is 6.74. The fourth-order valence-electron chi connectivity index (χ4n) is 2.29. The number of hydrogen-bond donors (Lipinski definition) is 0. The van der Waals surface area contributed by atoms with Gasteiger partial charge in [0.05, 0.1) is 12.8 Å². The molecule has 22 heavy (non-hydrogen) atoms. The van der Waals surface area contributed by atoms with Crippen molar-refractivity contribution in [1.29, 1.82) is 0 Å². The summed E-state index contributed by atoms with van der Waals surface area (Å²) in [5.74, 6) is -0.580. The average molecular weight is 324 g/mol. The van der Waals surface area contributed by atoms with Crippen molar-refractivity contribution in [2.24, 2.45) is 0 Å². The summed E-state index contributed by atoms with van der Waals surface area (Å²) in [5.41, 5.74) is 0.942. The molecule has 1 aliphatic rings. The second kappa shape index (κ2) is 5.65. The highest BCUT2D eigenvalue weighted by molar-refractivity contribution is 6.31. The number of hydrogen-bond acceptors (Lipinski definition) is 4. The van der Waals surface area contributed by atoms with Gasteiger partial charge in [-0.1, -0.05) is 24.2 Å². The van der Waals surface area contributed by atoms with Crippen LogP contribution in [0, 0.1) is 0 Å². The van der Waals surface area contributed by atoms with Gasteiger partial charge in [-0.3, -0.25) is 4.90 Å². The fraction of sp³-hybridized carbons (Fsp3) is 0.375. The molecule has 0 saturated carbocycles. The molecule has 0 fully saturated rings. The van der Waals surface area contributed by atoms with E-state index >= 15 is 0 Å². The van der Waals surface area contributed by atoms with E-state index in [1.54, 1.807) is 39.0 Å². The molecule has 0 radical (unpaired) electrons. The molecular formula is C16H18ClNO4. The molecule has 1 atom stereocenters. The summed E-state index contributed by atoms with van der Waals surface area (Å²) < 4.78 is 10.2. The van der Waals surface area contributed by atoms with Crippen LogP contribution in [0.2, 0.25) is 5.02 Å². The lowest BCUT2D eigenvalue weighted by Crippen LogP contribution is -2.45. The Balaban J connectivity index is 2.51. The van der Waals surface area contributed by atoms with Crippen LogP contribution in [-0.4, -0.2) is 30.8 Å². The molecule has 0 bridgehead atoms. The van der Waals surface area contributed by atoms with Crippen molar-refractivity contribution in [3.63, 3.8) is 0 Å². The number of methoxy groups -OCH3 is 1. The molecule has 0 N–H and O–H groups in total. The van der Waals surface area contributed by atoms with Crippen molar-refractivity contribution in [2.75, 3.05) is 12.0 Å².